The van der Waals surface area contributed by atoms with Gasteiger partial charge in [0.1, 0.15) is 0 Å². The lowest BCUT2D eigenvalue weighted by molar-refractivity contribution is 0.0757. The summed E-state index contributed by atoms with van der Waals surface area (Å²) >= 11 is 0. The molecular formula is C18H30N2O. The highest BCUT2D eigenvalue weighted by atomic mass is 16.1. The maximum Gasteiger partial charge on any atom is 0.169 e. The van der Waals surface area contributed by atoms with Crippen LogP contribution in [-0.4, -0.2) is 55.9 Å². The van der Waals surface area contributed by atoms with Gasteiger partial charge < -0.3 is 9.80 Å². The molecule has 0 bridgehead atoms. The normalized spacial score (nSPS) is 12.1. The Kier molecular flexibility index (Phi) is 7.06. The van der Waals surface area contributed by atoms with Crippen LogP contribution < -0.4 is 0 Å². The van der Waals surface area contributed by atoms with Crippen molar-refractivity contribution in [3.05, 3.63) is 35.9 Å². The van der Waals surface area contributed by atoms with Gasteiger partial charge in [-0.05, 0) is 27.1 Å². The van der Waals surface area contributed by atoms with E-state index in [0.717, 1.165) is 38.2 Å². The zero-order valence-electron chi connectivity index (χ0n) is 14.2. The summed E-state index contributed by atoms with van der Waals surface area (Å²) in [6.45, 7) is 10.2. The third-order valence-electron chi connectivity index (χ3n) is 3.67. The summed E-state index contributed by atoms with van der Waals surface area (Å²) in [7, 11) is 4.18. The minimum Gasteiger partial charge on any atom is -0.308 e. The van der Waals surface area contributed by atoms with Crippen molar-refractivity contribution >= 4 is 5.78 Å². The van der Waals surface area contributed by atoms with Crippen LogP contribution in [0, 0.1) is 5.41 Å². The van der Waals surface area contributed by atoms with Crippen molar-refractivity contribution in [3.63, 3.8) is 0 Å². The van der Waals surface area contributed by atoms with Gasteiger partial charge in [-0.15, -0.1) is 0 Å². The third-order valence-corrected chi connectivity index (χ3v) is 3.67. The van der Waals surface area contributed by atoms with Gasteiger partial charge in [0.2, 0.25) is 0 Å². The van der Waals surface area contributed by atoms with E-state index in [2.05, 4.69) is 44.7 Å². The Morgan fingerprint density at radius 3 is 2.19 bits per heavy atom. The maximum atomic E-state index is 12.7. The summed E-state index contributed by atoms with van der Waals surface area (Å²) in [4.78, 5) is 17.3. The SMILES string of the molecule is CCCN(CCN(C)C)CC(C)(C)C(=O)c1ccccc1. The summed E-state index contributed by atoms with van der Waals surface area (Å²) < 4.78 is 0. The molecule has 0 aromatic heterocycles. The zero-order valence-corrected chi connectivity index (χ0v) is 14.2. The van der Waals surface area contributed by atoms with E-state index in [1.54, 1.807) is 0 Å². The molecule has 0 spiro atoms. The van der Waals surface area contributed by atoms with E-state index in [-0.39, 0.29) is 11.2 Å². The van der Waals surface area contributed by atoms with E-state index in [1.165, 1.54) is 0 Å². The lowest BCUT2D eigenvalue weighted by atomic mass is 9.83. The van der Waals surface area contributed by atoms with Gasteiger partial charge in [-0.3, -0.25) is 4.79 Å². The van der Waals surface area contributed by atoms with Crippen LogP contribution in [0.15, 0.2) is 30.3 Å². The predicted octanol–water partition coefficient (Wildman–Crippen LogP) is 3.17. The number of Topliss-reactive ketones (excluding diaryl/α,β-unsaturated/α-hetero) is 1. The van der Waals surface area contributed by atoms with Crippen LogP contribution in [0.25, 0.3) is 0 Å². The number of hydrogen-bond donors (Lipinski definition) is 0. The monoisotopic (exact) mass is 290 g/mol. The first kappa shape index (κ1) is 17.9. The van der Waals surface area contributed by atoms with E-state index in [0.29, 0.717) is 0 Å². The summed E-state index contributed by atoms with van der Waals surface area (Å²) in [5.41, 5.74) is 0.453. The first-order valence-corrected chi connectivity index (χ1v) is 7.83. The second-order valence-electron chi connectivity index (χ2n) is 6.66. The van der Waals surface area contributed by atoms with Gasteiger partial charge in [-0.2, -0.15) is 0 Å². The lowest BCUT2D eigenvalue weighted by Crippen LogP contribution is -2.42. The van der Waals surface area contributed by atoms with Crippen molar-refractivity contribution in [2.24, 2.45) is 5.41 Å². The molecule has 0 fully saturated rings. The highest BCUT2D eigenvalue weighted by molar-refractivity contribution is 6.00. The molecule has 21 heavy (non-hydrogen) atoms. The summed E-state index contributed by atoms with van der Waals surface area (Å²) in [6.07, 6.45) is 1.11. The average molecular weight is 290 g/mol. The molecular weight excluding hydrogens is 260 g/mol. The highest BCUT2D eigenvalue weighted by Gasteiger charge is 2.30. The van der Waals surface area contributed by atoms with Gasteiger partial charge in [-0.25, -0.2) is 0 Å². The Labute approximate surface area is 129 Å². The van der Waals surface area contributed by atoms with Crippen molar-refractivity contribution in [1.29, 1.82) is 0 Å². The number of nitrogens with zero attached hydrogens (tertiary/aromatic N) is 2. The van der Waals surface area contributed by atoms with Crippen molar-refractivity contribution in [2.45, 2.75) is 27.2 Å². The summed E-state index contributed by atoms with van der Waals surface area (Å²) in [6, 6.07) is 9.63. The van der Waals surface area contributed by atoms with Crippen molar-refractivity contribution in [3.8, 4) is 0 Å². The number of ketones is 1. The van der Waals surface area contributed by atoms with Crippen LogP contribution in [0.5, 0.6) is 0 Å². The van der Waals surface area contributed by atoms with E-state index >= 15 is 0 Å². The molecule has 1 rings (SSSR count). The molecule has 0 N–H and O–H groups in total. The lowest BCUT2D eigenvalue weighted by Gasteiger charge is -2.32. The molecule has 0 aliphatic carbocycles. The van der Waals surface area contributed by atoms with Crippen molar-refractivity contribution in [2.75, 3.05) is 40.3 Å². The first-order chi connectivity index (χ1) is 9.86. The maximum absolute atomic E-state index is 12.7. The van der Waals surface area contributed by atoms with Crippen LogP contribution in [-0.2, 0) is 0 Å². The van der Waals surface area contributed by atoms with Crippen LogP contribution >= 0.6 is 0 Å². The van der Waals surface area contributed by atoms with Gasteiger partial charge in [-0.1, -0.05) is 51.1 Å². The molecule has 1 aromatic carbocycles. The van der Waals surface area contributed by atoms with E-state index in [9.17, 15) is 4.79 Å². The Hall–Kier alpha value is -1.19. The molecule has 0 aliphatic heterocycles. The van der Waals surface area contributed by atoms with Gasteiger partial charge in [0, 0.05) is 30.6 Å². The fraction of sp³-hybridized carbons (Fsp3) is 0.611. The van der Waals surface area contributed by atoms with Crippen LogP contribution in [0.4, 0.5) is 0 Å². The molecule has 0 radical (unpaired) electrons. The zero-order chi connectivity index (χ0) is 15.9. The second kappa shape index (κ2) is 8.30. The predicted molar refractivity (Wildman–Crippen MR) is 89.8 cm³/mol. The molecule has 0 amide bonds. The number of rotatable bonds is 9. The standard InChI is InChI=1S/C18H30N2O/c1-6-12-20(14-13-19(4)5)15-18(2,3)17(21)16-10-8-7-9-11-16/h7-11H,6,12-15H2,1-5H3. The Morgan fingerprint density at radius 2 is 1.67 bits per heavy atom. The molecule has 0 unspecified atom stereocenters. The number of carbonyl (C=O) groups excluding carboxylic acids is 1. The van der Waals surface area contributed by atoms with Crippen LogP contribution in [0.3, 0.4) is 0 Å². The fourth-order valence-corrected chi connectivity index (χ4v) is 2.54. The molecule has 0 aliphatic rings. The van der Waals surface area contributed by atoms with Gasteiger partial charge in [0.05, 0.1) is 0 Å². The summed E-state index contributed by atoms with van der Waals surface area (Å²) in [5.74, 6) is 0.231. The van der Waals surface area contributed by atoms with Gasteiger partial charge >= 0.3 is 0 Å². The molecule has 0 saturated carbocycles. The topological polar surface area (TPSA) is 23.6 Å². The molecule has 3 heteroatoms. The minimum atomic E-state index is -0.358. The number of carbonyl (C=O) groups is 1. The van der Waals surface area contributed by atoms with E-state index in [4.69, 9.17) is 0 Å². The number of likely N-dealkylation sites (N-methyl/N-ethyl adjacent to an activating group) is 1. The first-order valence-electron chi connectivity index (χ1n) is 7.83. The fourth-order valence-electron chi connectivity index (χ4n) is 2.54. The second-order valence-corrected chi connectivity index (χ2v) is 6.66. The Balaban J connectivity index is 2.73. The minimum absolute atomic E-state index is 0.231. The van der Waals surface area contributed by atoms with Crippen molar-refractivity contribution in [1.82, 2.24) is 9.80 Å². The Morgan fingerprint density at radius 1 is 1.05 bits per heavy atom. The molecule has 3 nitrogen and oxygen atoms in total. The van der Waals surface area contributed by atoms with E-state index < -0.39 is 0 Å². The van der Waals surface area contributed by atoms with Gasteiger partial charge in [0.15, 0.2) is 5.78 Å². The number of hydrogen-bond acceptors (Lipinski definition) is 3. The van der Waals surface area contributed by atoms with E-state index in [1.807, 2.05) is 30.3 Å². The van der Waals surface area contributed by atoms with Crippen LogP contribution in [0.2, 0.25) is 0 Å². The van der Waals surface area contributed by atoms with Crippen molar-refractivity contribution < 1.29 is 4.79 Å². The summed E-state index contributed by atoms with van der Waals surface area (Å²) in [5, 5.41) is 0. The molecule has 118 valence electrons. The van der Waals surface area contributed by atoms with Gasteiger partial charge in [0.25, 0.3) is 0 Å². The third kappa shape index (κ3) is 5.98. The molecule has 0 atom stereocenters. The van der Waals surface area contributed by atoms with Crippen LogP contribution in [0.1, 0.15) is 37.6 Å². The largest absolute Gasteiger partial charge is 0.308 e. The quantitative estimate of drug-likeness (QED) is 0.653. The smallest absolute Gasteiger partial charge is 0.169 e. The highest BCUT2D eigenvalue weighted by Crippen LogP contribution is 2.23. The molecule has 0 heterocycles. The average Bonchev–Trinajstić information content (AvgIpc) is 2.45. The molecule has 0 saturated heterocycles. The Bertz CT molecular complexity index is 426. The molecule has 1 aromatic rings. The number of benzene rings is 1.